The molecule has 0 aliphatic carbocycles. The minimum atomic E-state index is 0.329. The number of aromatic nitrogens is 2. The van der Waals surface area contributed by atoms with Crippen molar-refractivity contribution in [2.45, 2.75) is 19.8 Å². The van der Waals surface area contributed by atoms with Crippen molar-refractivity contribution in [1.29, 1.82) is 0 Å². The van der Waals surface area contributed by atoms with E-state index < -0.39 is 0 Å². The molecule has 2 aromatic heterocycles. The van der Waals surface area contributed by atoms with Gasteiger partial charge >= 0.3 is 0 Å². The van der Waals surface area contributed by atoms with Crippen LogP contribution in [0, 0.1) is 0 Å². The molecular formula is C20H23ClN4S. The van der Waals surface area contributed by atoms with E-state index in [0.717, 1.165) is 42.2 Å². The van der Waals surface area contributed by atoms with Crippen molar-refractivity contribution < 1.29 is 0 Å². The number of nitrogens with zero attached hydrogens (tertiary/aromatic N) is 4. The van der Waals surface area contributed by atoms with E-state index in [1.165, 1.54) is 16.7 Å². The van der Waals surface area contributed by atoms with Crippen LogP contribution in [0.15, 0.2) is 29.6 Å². The van der Waals surface area contributed by atoms with Crippen molar-refractivity contribution in [1.82, 2.24) is 14.9 Å². The quantitative estimate of drug-likeness (QED) is 0.600. The summed E-state index contributed by atoms with van der Waals surface area (Å²) >= 11 is 7.87. The number of piperazine rings is 1. The summed E-state index contributed by atoms with van der Waals surface area (Å²) in [6, 6.07) is 8.85. The summed E-state index contributed by atoms with van der Waals surface area (Å²) in [7, 11) is 2.16. The van der Waals surface area contributed by atoms with Gasteiger partial charge in [-0.05, 0) is 35.7 Å². The molecular weight excluding hydrogens is 364 g/mol. The van der Waals surface area contributed by atoms with Gasteiger partial charge in [-0.15, -0.1) is 11.3 Å². The van der Waals surface area contributed by atoms with E-state index in [1.54, 1.807) is 11.3 Å². The third-order valence-electron chi connectivity index (χ3n) is 5.08. The zero-order valence-electron chi connectivity index (χ0n) is 15.4. The first-order chi connectivity index (χ1) is 12.5. The van der Waals surface area contributed by atoms with E-state index >= 15 is 0 Å². The number of rotatable bonds is 3. The van der Waals surface area contributed by atoms with Crippen molar-refractivity contribution in [3.8, 4) is 11.1 Å². The molecule has 4 nitrogen and oxygen atoms in total. The molecule has 3 aromatic rings. The Balaban J connectivity index is 1.81. The molecule has 136 valence electrons. The van der Waals surface area contributed by atoms with E-state index in [9.17, 15) is 0 Å². The van der Waals surface area contributed by atoms with E-state index in [-0.39, 0.29) is 0 Å². The Hall–Kier alpha value is -1.69. The minimum Gasteiger partial charge on any atom is -0.353 e. The van der Waals surface area contributed by atoms with Crippen LogP contribution in [-0.2, 0) is 0 Å². The van der Waals surface area contributed by atoms with Crippen LogP contribution >= 0.6 is 22.9 Å². The first-order valence-electron chi connectivity index (χ1n) is 9.01. The fourth-order valence-corrected chi connectivity index (χ4v) is 4.56. The highest BCUT2D eigenvalue weighted by Gasteiger charge is 2.22. The number of thiophene rings is 1. The van der Waals surface area contributed by atoms with Crippen LogP contribution in [0.5, 0.6) is 0 Å². The first-order valence-corrected chi connectivity index (χ1v) is 10.3. The lowest BCUT2D eigenvalue weighted by atomic mass is 9.99. The highest BCUT2D eigenvalue weighted by molar-refractivity contribution is 7.17. The topological polar surface area (TPSA) is 32.3 Å². The van der Waals surface area contributed by atoms with Gasteiger partial charge in [0.2, 0.25) is 5.28 Å². The number of hydrogen-bond donors (Lipinski definition) is 0. The van der Waals surface area contributed by atoms with Gasteiger partial charge < -0.3 is 9.80 Å². The van der Waals surface area contributed by atoms with Gasteiger partial charge in [0.05, 0.1) is 5.39 Å². The Morgan fingerprint density at radius 2 is 1.73 bits per heavy atom. The normalized spacial score (nSPS) is 16.0. The largest absolute Gasteiger partial charge is 0.353 e. The number of fused-ring (bicyclic) bond motifs is 1. The predicted molar refractivity (Wildman–Crippen MR) is 112 cm³/mol. The molecule has 1 aliphatic rings. The zero-order chi connectivity index (χ0) is 18.3. The van der Waals surface area contributed by atoms with Crippen LogP contribution in [0.2, 0.25) is 5.28 Å². The van der Waals surface area contributed by atoms with Crippen molar-refractivity contribution in [3.63, 3.8) is 0 Å². The minimum absolute atomic E-state index is 0.329. The van der Waals surface area contributed by atoms with Gasteiger partial charge in [0, 0.05) is 37.1 Å². The molecule has 0 N–H and O–H groups in total. The standard InChI is InChI=1S/C20H23ClN4S/c1-13(2)14-4-6-15(7-5-14)16-12-26-19-17(16)18(22-20(21)23-19)25-10-8-24(3)9-11-25/h4-7,12-13H,8-11H2,1-3H3. The van der Waals surface area contributed by atoms with Crippen LogP contribution in [-0.4, -0.2) is 48.1 Å². The van der Waals surface area contributed by atoms with Gasteiger partial charge in [-0.1, -0.05) is 38.1 Å². The zero-order valence-corrected chi connectivity index (χ0v) is 16.9. The highest BCUT2D eigenvalue weighted by Crippen LogP contribution is 2.39. The maximum absolute atomic E-state index is 6.23. The van der Waals surface area contributed by atoms with Crippen molar-refractivity contribution in [2.75, 3.05) is 38.1 Å². The van der Waals surface area contributed by atoms with Gasteiger partial charge in [-0.25, -0.2) is 4.98 Å². The number of hydrogen-bond acceptors (Lipinski definition) is 5. The lowest BCUT2D eigenvalue weighted by Gasteiger charge is -2.33. The van der Waals surface area contributed by atoms with Gasteiger partial charge in [0.15, 0.2) is 0 Å². The Bertz CT molecular complexity index is 911. The summed E-state index contributed by atoms with van der Waals surface area (Å²) in [4.78, 5) is 14.7. The molecule has 26 heavy (non-hydrogen) atoms. The van der Waals surface area contributed by atoms with Crippen LogP contribution in [0.4, 0.5) is 5.82 Å². The summed E-state index contributed by atoms with van der Waals surface area (Å²) in [6.07, 6.45) is 0. The van der Waals surface area contributed by atoms with Crippen LogP contribution in [0.3, 0.4) is 0 Å². The summed E-state index contributed by atoms with van der Waals surface area (Å²) in [5.74, 6) is 1.50. The smallest absolute Gasteiger partial charge is 0.225 e. The van der Waals surface area contributed by atoms with Crippen molar-refractivity contribution in [3.05, 3.63) is 40.5 Å². The van der Waals surface area contributed by atoms with Gasteiger partial charge in [0.25, 0.3) is 0 Å². The third-order valence-corrected chi connectivity index (χ3v) is 6.12. The Labute approximate surface area is 163 Å². The fraction of sp³-hybridized carbons (Fsp3) is 0.400. The van der Waals surface area contributed by atoms with E-state index in [4.69, 9.17) is 11.6 Å². The fourth-order valence-electron chi connectivity index (χ4n) is 3.41. The van der Waals surface area contributed by atoms with Gasteiger partial charge in [-0.2, -0.15) is 4.98 Å². The molecule has 0 radical (unpaired) electrons. The van der Waals surface area contributed by atoms with Gasteiger partial charge in [-0.3, -0.25) is 0 Å². The van der Waals surface area contributed by atoms with Crippen LogP contribution in [0.1, 0.15) is 25.3 Å². The second kappa shape index (κ2) is 7.14. The molecule has 6 heteroatoms. The number of anilines is 1. The van der Waals surface area contributed by atoms with Crippen molar-refractivity contribution in [2.24, 2.45) is 0 Å². The monoisotopic (exact) mass is 386 g/mol. The van der Waals surface area contributed by atoms with Gasteiger partial charge in [0.1, 0.15) is 10.6 Å². The lowest BCUT2D eigenvalue weighted by molar-refractivity contribution is 0.312. The van der Waals surface area contributed by atoms with Crippen LogP contribution in [0.25, 0.3) is 21.3 Å². The molecule has 0 amide bonds. The number of halogens is 1. The molecule has 0 unspecified atom stereocenters. The first kappa shape index (κ1) is 17.7. The molecule has 0 atom stereocenters. The summed E-state index contributed by atoms with van der Waals surface area (Å²) < 4.78 is 0. The number of benzene rings is 1. The van der Waals surface area contributed by atoms with Crippen LogP contribution < -0.4 is 4.90 Å². The molecule has 1 aliphatic heterocycles. The van der Waals surface area contributed by atoms with E-state index in [0.29, 0.717) is 11.2 Å². The maximum Gasteiger partial charge on any atom is 0.225 e. The summed E-state index contributed by atoms with van der Waals surface area (Å²) in [5.41, 5.74) is 3.76. The molecule has 4 rings (SSSR count). The Morgan fingerprint density at radius 1 is 1.04 bits per heavy atom. The molecule has 0 bridgehead atoms. The summed E-state index contributed by atoms with van der Waals surface area (Å²) in [5, 5.41) is 3.64. The average molecular weight is 387 g/mol. The van der Waals surface area contributed by atoms with E-state index in [2.05, 4.69) is 70.3 Å². The Morgan fingerprint density at radius 3 is 2.38 bits per heavy atom. The molecule has 1 saturated heterocycles. The SMILES string of the molecule is CC(C)c1ccc(-c2csc3nc(Cl)nc(N4CCN(C)CC4)c23)cc1. The number of likely N-dealkylation sites (N-methyl/N-ethyl adjacent to an activating group) is 1. The second-order valence-electron chi connectivity index (χ2n) is 7.21. The van der Waals surface area contributed by atoms with Crippen molar-refractivity contribution >= 4 is 39.0 Å². The molecule has 1 fully saturated rings. The van der Waals surface area contributed by atoms with E-state index in [1.807, 2.05) is 0 Å². The molecule has 0 saturated carbocycles. The third kappa shape index (κ3) is 3.31. The molecule has 1 aromatic carbocycles. The maximum atomic E-state index is 6.23. The lowest BCUT2D eigenvalue weighted by Crippen LogP contribution is -2.44. The second-order valence-corrected chi connectivity index (χ2v) is 8.41. The summed E-state index contributed by atoms with van der Waals surface area (Å²) in [6.45, 7) is 8.42. The average Bonchev–Trinajstić information content (AvgIpc) is 3.05. The predicted octanol–water partition coefficient (Wildman–Crippen LogP) is 4.89. The Kier molecular flexibility index (Phi) is 4.86. The highest BCUT2D eigenvalue weighted by atomic mass is 35.5. The molecule has 3 heterocycles. The molecule has 0 spiro atoms.